The van der Waals surface area contributed by atoms with Crippen molar-refractivity contribution in [3.05, 3.63) is 29.7 Å². The van der Waals surface area contributed by atoms with Gasteiger partial charge < -0.3 is 9.52 Å². The first-order chi connectivity index (χ1) is 8.74. The van der Waals surface area contributed by atoms with Gasteiger partial charge in [0.2, 0.25) is 0 Å². The van der Waals surface area contributed by atoms with Crippen LogP contribution in [-0.4, -0.2) is 11.1 Å². The van der Waals surface area contributed by atoms with Gasteiger partial charge in [0.05, 0.1) is 11.8 Å². The largest absolute Gasteiger partial charge is 0.478 e. The SMILES string of the molecule is CCCCCCC#Cc1ccoc1/C=C/C(=O)O. The average molecular weight is 246 g/mol. The van der Waals surface area contributed by atoms with Crippen LogP contribution in [0.2, 0.25) is 0 Å². The van der Waals surface area contributed by atoms with E-state index in [-0.39, 0.29) is 0 Å². The van der Waals surface area contributed by atoms with Crippen LogP contribution in [0.1, 0.15) is 50.4 Å². The van der Waals surface area contributed by atoms with E-state index in [1.807, 2.05) is 0 Å². The third-order valence-corrected chi connectivity index (χ3v) is 2.45. The van der Waals surface area contributed by atoms with Crippen molar-refractivity contribution in [1.29, 1.82) is 0 Å². The van der Waals surface area contributed by atoms with Crippen LogP contribution in [0.4, 0.5) is 0 Å². The number of carbonyl (C=O) groups is 1. The molecule has 3 nitrogen and oxygen atoms in total. The maximum atomic E-state index is 10.4. The highest BCUT2D eigenvalue weighted by Gasteiger charge is 1.99. The van der Waals surface area contributed by atoms with Crippen molar-refractivity contribution in [1.82, 2.24) is 0 Å². The molecule has 0 spiro atoms. The van der Waals surface area contributed by atoms with E-state index in [1.165, 1.54) is 31.6 Å². The number of hydrogen-bond acceptors (Lipinski definition) is 2. The molecule has 0 amide bonds. The monoisotopic (exact) mass is 246 g/mol. The minimum Gasteiger partial charge on any atom is -0.478 e. The molecule has 3 heteroatoms. The van der Waals surface area contributed by atoms with E-state index in [0.717, 1.165) is 24.5 Å². The molecule has 0 aliphatic carbocycles. The minimum absolute atomic E-state index is 0.499. The van der Waals surface area contributed by atoms with Crippen LogP contribution in [0.5, 0.6) is 0 Å². The smallest absolute Gasteiger partial charge is 0.328 e. The second kappa shape index (κ2) is 8.19. The van der Waals surface area contributed by atoms with Crippen LogP contribution >= 0.6 is 0 Å². The first-order valence-corrected chi connectivity index (χ1v) is 6.21. The summed E-state index contributed by atoms with van der Waals surface area (Å²) in [4.78, 5) is 10.4. The molecule has 1 N–H and O–H groups in total. The van der Waals surface area contributed by atoms with Gasteiger partial charge in [0.1, 0.15) is 5.76 Å². The Morgan fingerprint density at radius 1 is 1.44 bits per heavy atom. The van der Waals surface area contributed by atoms with Gasteiger partial charge in [-0.1, -0.05) is 38.0 Å². The lowest BCUT2D eigenvalue weighted by Gasteiger charge is -1.92. The molecule has 0 aliphatic rings. The molecular weight excluding hydrogens is 228 g/mol. The van der Waals surface area contributed by atoms with Crippen LogP contribution in [0.3, 0.4) is 0 Å². The molecule has 0 fully saturated rings. The Morgan fingerprint density at radius 3 is 3.00 bits per heavy atom. The Kier molecular flexibility index (Phi) is 6.42. The molecule has 0 aromatic carbocycles. The summed E-state index contributed by atoms with van der Waals surface area (Å²) in [6.07, 6.45) is 9.64. The van der Waals surface area contributed by atoms with Crippen molar-refractivity contribution >= 4 is 12.0 Å². The van der Waals surface area contributed by atoms with E-state index in [1.54, 1.807) is 6.07 Å². The molecule has 0 unspecified atom stereocenters. The predicted molar refractivity (Wildman–Crippen MR) is 71.0 cm³/mol. The quantitative estimate of drug-likeness (QED) is 0.473. The first kappa shape index (κ1) is 14.1. The molecule has 0 aliphatic heterocycles. The van der Waals surface area contributed by atoms with Gasteiger partial charge in [-0.05, 0) is 18.6 Å². The standard InChI is InChI=1S/C15H18O3/c1-2-3-4-5-6-7-8-13-11-12-18-14(13)9-10-15(16)17/h9-12H,2-6H2,1H3,(H,16,17)/b10-9+. The second-order valence-electron chi connectivity index (χ2n) is 3.98. The fraction of sp³-hybridized carbons (Fsp3) is 0.400. The Morgan fingerprint density at radius 2 is 2.28 bits per heavy atom. The number of carboxylic acids is 1. The molecule has 0 saturated heterocycles. The third-order valence-electron chi connectivity index (χ3n) is 2.45. The van der Waals surface area contributed by atoms with Gasteiger partial charge in [0, 0.05) is 12.5 Å². The Bertz CT molecular complexity index is 458. The summed E-state index contributed by atoms with van der Waals surface area (Å²) in [5.74, 6) is 5.59. The molecule has 0 atom stereocenters. The van der Waals surface area contributed by atoms with Gasteiger partial charge in [-0.15, -0.1) is 0 Å². The maximum absolute atomic E-state index is 10.4. The lowest BCUT2D eigenvalue weighted by atomic mass is 10.1. The lowest BCUT2D eigenvalue weighted by Crippen LogP contribution is -1.85. The van der Waals surface area contributed by atoms with Crippen molar-refractivity contribution in [2.45, 2.75) is 39.0 Å². The number of aliphatic carboxylic acids is 1. The van der Waals surface area contributed by atoms with E-state index in [2.05, 4.69) is 18.8 Å². The number of carboxylic acid groups (broad SMARTS) is 1. The highest BCUT2D eigenvalue weighted by Crippen LogP contribution is 2.11. The lowest BCUT2D eigenvalue weighted by molar-refractivity contribution is -0.131. The van der Waals surface area contributed by atoms with Crippen molar-refractivity contribution in [3.63, 3.8) is 0 Å². The molecule has 1 rings (SSSR count). The second-order valence-corrected chi connectivity index (χ2v) is 3.98. The van der Waals surface area contributed by atoms with Gasteiger partial charge in [-0.2, -0.15) is 0 Å². The third kappa shape index (κ3) is 5.40. The highest BCUT2D eigenvalue weighted by molar-refractivity contribution is 5.85. The van der Waals surface area contributed by atoms with Crippen molar-refractivity contribution in [2.75, 3.05) is 0 Å². The maximum Gasteiger partial charge on any atom is 0.328 e. The average Bonchev–Trinajstić information content (AvgIpc) is 2.78. The van der Waals surface area contributed by atoms with Crippen LogP contribution in [-0.2, 0) is 4.79 Å². The zero-order valence-electron chi connectivity index (χ0n) is 10.6. The highest BCUT2D eigenvalue weighted by atomic mass is 16.4. The number of furan rings is 1. The van der Waals surface area contributed by atoms with Gasteiger partial charge in [0.15, 0.2) is 0 Å². The fourth-order valence-electron chi connectivity index (χ4n) is 1.50. The summed E-state index contributed by atoms with van der Waals surface area (Å²) in [5.41, 5.74) is 0.739. The summed E-state index contributed by atoms with van der Waals surface area (Å²) >= 11 is 0. The van der Waals surface area contributed by atoms with Crippen molar-refractivity contribution < 1.29 is 14.3 Å². The van der Waals surface area contributed by atoms with Crippen LogP contribution in [0, 0.1) is 11.8 Å². The van der Waals surface area contributed by atoms with E-state index in [0.29, 0.717) is 5.76 Å². The molecule has 0 radical (unpaired) electrons. The predicted octanol–water partition coefficient (Wildman–Crippen LogP) is 3.70. The molecule has 1 heterocycles. The van der Waals surface area contributed by atoms with Crippen LogP contribution in [0.25, 0.3) is 6.08 Å². The summed E-state index contributed by atoms with van der Waals surface area (Å²) < 4.78 is 5.16. The summed E-state index contributed by atoms with van der Waals surface area (Å²) in [7, 11) is 0. The van der Waals surface area contributed by atoms with Crippen molar-refractivity contribution in [3.8, 4) is 11.8 Å². The Hall–Kier alpha value is -1.95. The van der Waals surface area contributed by atoms with Gasteiger partial charge >= 0.3 is 5.97 Å². The molecule has 0 saturated carbocycles. The minimum atomic E-state index is -0.995. The van der Waals surface area contributed by atoms with Gasteiger partial charge in [-0.25, -0.2) is 4.79 Å². The van der Waals surface area contributed by atoms with Crippen LogP contribution < -0.4 is 0 Å². The number of unbranched alkanes of at least 4 members (excludes halogenated alkanes) is 4. The van der Waals surface area contributed by atoms with E-state index >= 15 is 0 Å². The van der Waals surface area contributed by atoms with Crippen LogP contribution in [0.15, 0.2) is 22.8 Å². The van der Waals surface area contributed by atoms with Gasteiger partial charge in [0.25, 0.3) is 0 Å². The normalized spacial score (nSPS) is 10.3. The molecule has 1 aromatic heterocycles. The molecule has 0 bridgehead atoms. The van der Waals surface area contributed by atoms with Crippen molar-refractivity contribution in [2.24, 2.45) is 0 Å². The molecule has 18 heavy (non-hydrogen) atoms. The number of hydrogen-bond donors (Lipinski definition) is 1. The fourth-order valence-corrected chi connectivity index (χ4v) is 1.50. The van der Waals surface area contributed by atoms with E-state index < -0.39 is 5.97 Å². The summed E-state index contributed by atoms with van der Waals surface area (Å²) in [6, 6.07) is 1.75. The zero-order chi connectivity index (χ0) is 13.2. The Balaban J connectivity index is 2.50. The summed E-state index contributed by atoms with van der Waals surface area (Å²) in [5, 5.41) is 8.54. The zero-order valence-corrected chi connectivity index (χ0v) is 10.6. The first-order valence-electron chi connectivity index (χ1n) is 6.21. The summed E-state index contributed by atoms with van der Waals surface area (Å²) in [6.45, 7) is 2.18. The topological polar surface area (TPSA) is 50.4 Å². The van der Waals surface area contributed by atoms with Gasteiger partial charge in [-0.3, -0.25) is 0 Å². The van der Waals surface area contributed by atoms with E-state index in [9.17, 15) is 4.79 Å². The number of rotatable bonds is 6. The molecule has 1 aromatic rings. The Labute approximate surface area is 108 Å². The van der Waals surface area contributed by atoms with E-state index in [4.69, 9.17) is 9.52 Å². The molecule has 96 valence electrons. The molecular formula is C15H18O3.